The summed E-state index contributed by atoms with van der Waals surface area (Å²) in [6, 6.07) is 5.46. The van der Waals surface area contributed by atoms with E-state index in [2.05, 4.69) is 5.16 Å². The molecule has 0 aliphatic carbocycles. The third-order valence-corrected chi connectivity index (χ3v) is 3.35. The number of carbonyl (C=O) groups is 1. The Morgan fingerprint density at radius 3 is 2.71 bits per heavy atom. The number of hydrogen-bond acceptors (Lipinski definition) is 5. The van der Waals surface area contributed by atoms with Gasteiger partial charge in [0.05, 0.1) is 20.4 Å². The fourth-order valence-corrected chi connectivity index (χ4v) is 2.26. The molecule has 1 saturated heterocycles. The molecular formula is C15H20N2O4. The molecule has 0 radical (unpaired) electrons. The van der Waals surface area contributed by atoms with E-state index in [0.29, 0.717) is 11.5 Å². The number of likely N-dealkylation sites (tertiary alicyclic amines) is 1. The summed E-state index contributed by atoms with van der Waals surface area (Å²) in [5, 5.41) is 3.83. The second-order valence-corrected chi connectivity index (χ2v) is 4.68. The molecule has 2 rings (SSSR count). The van der Waals surface area contributed by atoms with Gasteiger partial charge in [-0.05, 0) is 25.0 Å². The highest BCUT2D eigenvalue weighted by atomic mass is 16.6. The Morgan fingerprint density at radius 1 is 1.29 bits per heavy atom. The monoisotopic (exact) mass is 292 g/mol. The van der Waals surface area contributed by atoms with Gasteiger partial charge in [0, 0.05) is 18.7 Å². The van der Waals surface area contributed by atoms with Gasteiger partial charge in [-0.25, -0.2) is 0 Å². The van der Waals surface area contributed by atoms with Gasteiger partial charge in [-0.15, -0.1) is 0 Å². The molecule has 6 heteroatoms. The number of nitrogens with zero attached hydrogens (tertiary/aromatic N) is 2. The largest absolute Gasteiger partial charge is 0.493 e. The number of rotatable bonds is 6. The Kier molecular flexibility index (Phi) is 5.43. The van der Waals surface area contributed by atoms with Crippen molar-refractivity contribution in [1.82, 2.24) is 4.90 Å². The van der Waals surface area contributed by atoms with Gasteiger partial charge < -0.3 is 19.2 Å². The van der Waals surface area contributed by atoms with E-state index < -0.39 is 0 Å². The second kappa shape index (κ2) is 7.52. The minimum absolute atomic E-state index is 0.0257. The quantitative estimate of drug-likeness (QED) is 0.591. The maximum atomic E-state index is 11.8. The molecule has 6 nitrogen and oxygen atoms in total. The molecule has 1 amide bonds. The lowest BCUT2D eigenvalue weighted by Crippen LogP contribution is -2.30. The number of hydrogen-bond donors (Lipinski definition) is 0. The summed E-state index contributed by atoms with van der Waals surface area (Å²) in [5.74, 6) is 1.18. The van der Waals surface area contributed by atoms with Crippen molar-refractivity contribution in [2.45, 2.75) is 12.8 Å². The maximum absolute atomic E-state index is 11.8. The number of carbonyl (C=O) groups excluding carboxylic acids is 1. The lowest BCUT2D eigenvalue weighted by Gasteiger charge is -2.13. The van der Waals surface area contributed by atoms with E-state index in [1.807, 2.05) is 12.1 Å². The Morgan fingerprint density at radius 2 is 2.05 bits per heavy atom. The number of oxime groups is 1. The Labute approximate surface area is 124 Å². The van der Waals surface area contributed by atoms with E-state index in [-0.39, 0.29) is 12.5 Å². The first-order valence-corrected chi connectivity index (χ1v) is 6.90. The van der Waals surface area contributed by atoms with Gasteiger partial charge >= 0.3 is 0 Å². The fourth-order valence-electron chi connectivity index (χ4n) is 2.26. The van der Waals surface area contributed by atoms with Gasteiger partial charge in [0.15, 0.2) is 18.1 Å². The first-order chi connectivity index (χ1) is 10.3. The summed E-state index contributed by atoms with van der Waals surface area (Å²) in [4.78, 5) is 18.6. The van der Waals surface area contributed by atoms with Crippen molar-refractivity contribution in [2.24, 2.45) is 5.16 Å². The van der Waals surface area contributed by atoms with Crippen LogP contribution in [0.1, 0.15) is 18.4 Å². The minimum atomic E-state index is -0.0389. The van der Waals surface area contributed by atoms with Crippen molar-refractivity contribution >= 4 is 12.1 Å². The summed E-state index contributed by atoms with van der Waals surface area (Å²) in [7, 11) is 3.14. The summed E-state index contributed by atoms with van der Waals surface area (Å²) in [6.45, 7) is 1.59. The molecule has 1 heterocycles. The fraction of sp³-hybridized carbons (Fsp3) is 0.467. The van der Waals surface area contributed by atoms with Crippen LogP contribution in [0.15, 0.2) is 23.4 Å². The lowest BCUT2D eigenvalue weighted by molar-refractivity contribution is -0.134. The van der Waals surface area contributed by atoms with Gasteiger partial charge in [-0.2, -0.15) is 0 Å². The molecule has 0 aromatic heterocycles. The van der Waals surface area contributed by atoms with Gasteiger partial charge in [0.2, 0.25) is 0 Å². The van der Waals surface area contributed by atoms with E-state index in [9.17, 15) is 4.79 Å². The van der Waals surface area contributed by atoms with Gasteiger partial charge in [0.25, 0.3) is 5.91 Å². The second-order valence-electron chi connectivity index (χ2n) is 4.68. The molecule has 1 aromatic carbocycles. The number of amides is 1. The number of ether oxygens (including phenoxy) is 2. The average Bonchev–Trinajstić information content (AvgIpc) is 3.05. The van der Waals surface area contributed by atoms with E-state index >= 15 is 0 Å². The summed E-state index contributed by atoms with van der Waals surface area (Å²) < 4.78 is 10.5. The molecule has 1 aromatic rings. The van der Waals surface area contributed by atoms with Crippen molar-refractivity contribution in [3.05, 3.63) is 23.8 Å². The highest BCUT2D eigenvalue weighted by molar-refractivity contribution is 5.85. The molecule has 21 heavy (non-hydrogen) atoms. The van der Waals surface area contributed by atoms with Crippen LogP contribution in [0.2, 0.25) is 0 Å². The zero-order valence-electron chi connectivity index (χ0n) is 12.4. The van der Waals surface area contributed by atoms with Gasteiger partial charge in [-0.3, -0.25) is 4.79 Å². The van der Waals surface area contributed by atoms with Crippen LogP contribution < -0.4 is 9.47 Å². The van der Waals surface area contributed by atoms with Gasteiger partial charge in [-0.1, -0.05) is 11.2 Å². The first kappa shape index (κ1) is 15.2. The standard InChI is InChI=1S/C15H20N2O4/c1-19-13-7-5-6-12(15(13)20-2)10-16-21-11-14(18)17-8-3-4-9-17/h5-7,10H,3-4,8-9,11H2,1-2H3/b16-10-. The molecule has 1 fully saturated rings. The molecule has 0 atom stereocenters. The summed E-state index contributed by atoms with van der Waals surface area (Å²) >= 11 is 0. The summed E-state index contributed by atoms with van der Waals surface area (Å²) in [6.07, 6.45) is 3.64. The highest BCUT2D eigenvalue weighted by Gasteiger charge is 2.17. The molecule has 0 saturated carbocycles. The van der Waals surface area contributed by atoms with Crippen LogP contribution in [0.25, 0.3) is 0 Å². The van der Waals surface area contributed by atoms with Crippen LogP contribution in [0.3, 0.4) is 0 Å². The van der Waals surface area contributed by atoms with Crippen LogP contribution in [0, 0.1) is 0 Å². The Hall–Kier alpha value is -2.24. The minimum Gasteiger partial charge on any atom is -0.493 e. The van der Waals surface area contributed by atoms with Crippen molar-refractivity contribution in [3.63, 3.8) is 0 Å². The van der Waals surface area contributed by atoms with Crippen LogP contribution in [0.5, 0.6) is 11.5 Å². The average molecular weight is 292 g/mol. The van der Waals surface area contributed by atoms with E-state index in [0.717, 1.165) is 31.5 Å². The third kappa shape index (κ3) is 3.87. The Balaban J connectivity index is 1.90. The topological polar surface area (TPSA) is 60.4 Å². The van der Waals surface area contributed by atoms with Crippen molar-refractivity contribution < 1.29 is 19.1 Å². The summed E-state index contributed by atoms with van der Waals surface area (Å²) in [5.41, 5.74) is 0.727. The molecule has 1 aliphatic rings. The van der Waals surface area contributed by atoms with E-state index in [1.165, 1.54) is 6.21 Å². The zero-order chi connectivity index (χ0) is 15.1. The number of benzene rings is 1. The molecular weight excluding hydrogens is 272 g/mol. The predicted octanol–water partition coefficient (Wildman–Crippen LogP) is 1.68. The highest BCUT2D eigenvalue weighted by Crippen LogP contribution is 2.29. The third-order valence-electron chi connectivity index (χ3n) is 3.35. The van der Waals surface area contributed by atoms with Crippen LogP contribution >= 0.6 is 0 Å². The van der Waals surface area contributed by atoms with Crippen molar-refractivity contribution in [2.75, 3.05) is 33.9 Å². The molecule has 0 bridgehead atoms. The van der Waals surface area contributed by atoms with Crippen molar-refractivity contribution in [1.29, 1.82) is 0 Å². The zero-order valence-corrected chi connectivity index (χ0v) is 12.4. The maximum Gasteiger partial charge on any atom is 0.263 e. The molecule has 0 unspecified atom stereocenters. The van der Waals surface area contributed by atoms with Crippen LogP contribution in [-0.2, 0) is 9.63 Å². The number of para-hydroxylation sites is 1. The Bertz CT molecular complexity index is 510. The normalized spacial score (nSPS) is 14.5. The first-order valence-electron chi connectivity index (χ1n) is 6.90. The predicted molar refractivity (Wildman–Crippen MR) is 78.9 cm³/mol. The molecule has 114 valence electrons. The van der Waals surface area contributed by atoms with Crippen molar-refractivity contribution in [3.8, 4) is 11.5 Å². The van der Waals surface area contributed by atoms with Crippen LogP contribution in [-0.4, -0.2) is 50.9 Å². The van der Waals surface area contributed by atoms with Crippen LogP contribution in [0.4, 0.5) is 0 Å². The lowest BCUT2D eigenvalue weighted by atomic mass is 10.2. The smallest absolute Gasteiger partial charge is 0.263 e. The molecule has 0 spiro atoms. The van der Waals surface area contributed by atoms with E-state index in [1.54, 1.807) is 25.2 Å². The van der Waals surface area contributed by atoms with Gasteiger partial charge in [0.1, 0.15) is 0 Å². The molecule has 1 aliphatic heterocycles. The van der Waals surface area contributed by atoms with E-state index in [4.69, 9.17) is 14.3 Å². The number of methoxy groups -OCH3 is 2. The molecule has 0 N–H and O–H groups in total. The SMILES string of the molecule is COc1cccc(/C=N\OCC(=O)N2CCCC2)c1OC.